The molecule has 0 fully saturated rings. The highest BCUT2D eigenvalue weighted by Gasteiger charge is 2.06. The minimum absolute atomic E-state index is 0.112. The fraction of sp³-hybridized carbons (Fsp3) is 0.0588. The number of nitrogens with zero attached hydrogens (tertiary/aromatic N) is 2. The zero-order valence-electron chi connectivity index (χ0n) is 10.6. The first kappa shape index (κ1) is 12.6. The van der Waals surface area contributed by atoms with Gasteiger partial charge in [0, 0.05) is 0 Å². The van der Waals surface area contributed by atoms with Crippen LogP contribution in [0.25, 0.3) is 17.2 Å². The van der Waals surface area contributed by atoms with Crippen molar-refractivity contribution in [3.05, 3.63) is 65.2 Å². The van der Waals surface area contributed by atoms with Gasteiger partial charge in [0.1, 0.15) is 17.7 Å². The molecular weight excluding hydrogens is 232 g/mol. The van der Waals surface area contributed by atoms with Crippen LogP contribution in [0, 0.1) is 29.6 Å². The van der Waals surface area contributed by atoms with Crippen LogP contribution >= 0.6 is 0 Å². The maximum Gasteiger partial charge on any atom is 0.130 e. The molecule has 0 aliphatic rings. The summed E-state index contributed by atoms with van der Waals surface area (Å²) in [6.07, 6.45) is 1.63. The van der Waals surface area contributed by atoms with E-state index in [2.05, 4.69) is 0 Å². The van der Waals surface area contributed by atoms with Crippen molar-refractivity contribution < 1.29 is 0 Å². The van der Waals surface area contributed by atoms with Gasteiger partial charge in [-0.1, -0.05) is 48.5 Å². The molecule has 0 amide bonds. The molecule has 2 nitrogen and oxygen atoms in total. The third-order valence-corrected chi connectivity index (χ3v) is 2.94. The fourth-order valence-corrected chi connectivity index (χ4v) is 1.99. The average molecular weight is 244 g/mol. The Labute approximate surface area is 112 Å². The van der Waals surface area contributed by atoms with E-state index in [1.54, 1.807) is 6.08 Å². The topological polar surface area (TPSA) is 47.6 Å². The van der Waals surface area contributed by atoms with Crippen LogP contribution in [-0.4, -0.2) is 0 Å². The van der Waals surface area contributed by atoms with E-state index < -0.39 is 0 Å². The highest BCUT2D eigenvalue weighted by molar-refractivity contribution is 5.79. The summed E-state index contributed by atoms with van der Waals surface area (Å²) in [5.74, 6) is 0. The van der Waals surface area contributed by atoms with Gasteiger partial charge in [-0.15, -0.1) is 0 Å². The summed E-state index contributed by atoms with van der Waals surface area (Å²) in [5.41, 5.74) is 4.31. The number of rotatable bonds is 2. The van der Waals surface area contributed by atoms with E-state index in [0.29, 0.717) is 0 Å². The van der Waals surface area contributed by atoms with Crippen molar-refractivity contribution in [2.45, 2.75) is 6.92 Å². The Morgan fingerprint density at radius 3 is 2.11 bits per heavy atom. The van der Waals surface area contributed by atoms with Gasteiger partial charge in [-0.2, -0.15) is 10.5 Å². The lowest BCUT2D eigenvalue weighted by Gasteiger charge is -2.09. The molecule has 2 aromatic rings. The number of hydrogen-bond acceptors (Lipinski definition) is 2. The molecule has 0 N–H and O–H groups in total. The Bertz CT molecular complexity index is 697. The molecule has 0 atom stereocenters. The van der Waals surface area contributed by atoms with Gasteiger partial charge in [0.15, 0.2) is 0 Å². The lowest BCUT2D eigenvalue weighted by Crippen LogP contribution is -1.87. The molecule has 90 valence electrons. The SMILES string of the molecule is Cc1ccccc1-c1ccccc1C=C(C#N)C#N. The van der Waals surface area contributed by atoms with Crippen molar-refractivity contribution in [3.63, 3.8) is 0 Å². The number of aryl methyl sites for hydroxylation is 1. The molecule has 0 bridgehead atoms. The van der Waals surface area contributed by atoms with Crippen LogP contribution in [0.5, 0.6) is 0 Å². The summed E-state index contributed by atoms with van der Waals surface area (Å²) in [6, 6.07) is 19.6. The summed E-state index contributed by atoms with van der Waals surface area (Å²) in [6.45, 7) is 2.05. The number of nitriles is 2. The molecule has 19 heavy (non-hydrogen) atoms. The number of benzene rings is 2. The van der Waals surface area contributed by atoms with Gasteiger partial charge >= 0.3 is 0 Å². The molecule has 2 rings (SSSR count). The first-order valence-corrected chi connectivity index (χ1v) is 5.93. The second kappa shape index (κ2) is 5.67. The van der Waals surface area contributed by atoms with Crippen molar-refractivity contribution in [2.24, 2.45) is 0 Å². The van der Waals surface area contributed by atoms with E-state index in [1.165, 1.54) is 5.56 Å². The molecule has 0 saturated heterocycles. The Balaban J connectivity index is 2.62. The quantitative estimate of drug-likeness (QED) is 0.747. The van der Waals surface area contributed by atoms with Crippen LogP contribution in [-0.2, 0) is 0 Å². The highest BCUT2D eigenvalue weighted by Crippen LogP contribution is 2.28. The van der Waals surface area contributed by atoms with Gasteiger partial charge in [-0.05, 0) is 35.3 Å². The average Bonchev–Trinajstić information content (AvgIpc) is 2.46. The molecule has 0 saturated carbocycles. The third kappa shape index (κ3) is 2.70. The molecule has 0 radical (unpaired) electrons. The summed E-state index contributed by atoms with van der Waals surface area (Å²) in [7, 11) is 0. The van der Waals surface area contributed by atoms with Crippen LogP contribution in [0.1, 0.15) is 11.1 Å². The Hall–Kier alpha value is -2.84. The molecule has 0 heterocycles. The van der Waals surface area contributed by atoms with Gasteiger partial charge in [0.05, 0.1) is 0 Å². The normalized spacial score (nSPS) is 9.21. The minimum atomic E-state index is 0.112. The monoisotopic (exact) mass is 244 g/mol. The van der Waals surface area contributed by atoms with Crippen LogP contribution in [0.15, 0.2) is 54.1 Å². The number of allylic oxidation sites excluding steroid dienone is 1. The summed E-state index contributed by atoms with van der Waals surface area (Å²) < 4.78 is 0. The largest absolute Gasteiger partial charge is 0.192 e. The van der Waals surface area contributed by atoms with Crippen LogP contribution in [0.4, 0.5) is 0 Å². The highest BCUT2D eigenvalue weighted by atomic mass is 14.3. The minimum Gasteiger partial charge on any atom is -0.192 e. The van der Waals surface area contributed by atoms with Gasteiger partial charge in [0.25, 0.3) is 0 Å². The predicted octanol–water partition coefficient (Wildman–Crippen LogP) is 4.09. The predicted molar refractivity (Wildman–Crippen MR) is 75.8 cm³/mol. The van der Waals surface area contributed by atoms with Crippen molar-refractivity contribution in [1.29, 1.82) is 10.5 Å². The smallest absolute Gasteiger partial charge is 0.130 e. The molecule has 0 aliphatic heterocycles. The molecule has 0 aromatic heterocycles. The van der Waals surface area contributed by atoms with Crippen LogP contribution in [0.2, 0.25) is 0 Å². The number of hydrogen-bond donors (Lipinski definition) is 0. The first-order valence-electron chi connectivity index (χ1n) is 5.93. The molecule has 2 heteroatoms. The van der Waals surface area contributed by atoms with E-state index >= 15 is 0 Å². The summed E-state index contributed by atoms with van der Waals surface area (Å²) >= 11 is 0. The van der Waals surface area contributed by atoms with Gasteiger partial charge in [-0.3, -0.25) is 0 Å². The lowest BCUT2D eigenvalue weighted by molar-refractivity contribution is 1.45. The second-order valence-corrected chi connectivity index (χ2v) is 4.18. The van der Waals surface area contributed by atoms with Crippen molar-refractivity contribution in [1.82, 2.24) is 0 Å². The summed E-state index contributed by atoms with van der Waals surface area (Å²) in [4.78, 5) is 0. The van der Waals surface area contributed by atoms with Gasteiger partial charge in [-0.25, -0.2) is 0 Å². The zero-order valence-corrected chi connectivity index (χ0v) is 10.6. The first-order chi connectivity index (χ1) is 9.26. The van der Waals surface area contributed by atoms with Gasteiger partial charge in [0.2, 0.25) is 0 Å². The zero-order chi connectivity index (χ0) is 13.7. The molecule has 0 aliphatic carbocycles. The Morgan fingerprint density at radius 2 is 1.47 bits per heavy atom. The van der Waals surface area contributed by atoms with E-state index in [4.69, 9.17) is 10.5 Å². The molecular formula is C17H12N2. The van der Waals surface area contributed by atoms with Crippen molar-refractivity contribution in [2.75, 3.05) is 0 Å². The van der Waals surface area contributed by atoms with E-state index in [-0.39, 0.29) is 5.57 Å². The molecule has 2 aromatic carbocycles. The maximum atomic E-state index is 8.86. The second-order valence-electron chi connectivity index (χ2n) is 4.18. The third-order valence-electron chi connectivity index (χ3n) is 2.94. The molecule has 0 spiro atoms. The lowest BCUT2D eigenvalue weighted by atomic mass is 9.95. The molecule has 0 unspecified atom stereocenters. The Kier molecular flexibility index (Phi) is 3.76. The maximum absolute atomic E-state index is 8.86. The van der Waals surface area contributed by atoms with Gasteiger partial charge < -0.3 is 0 Å². The standard InChI is InChI=1S/C17H12N2/c1-13-6-2-4-8-16(13)17-9-5-3-7-15(17)10-14(11-18)12-19/h2-10H,1H3. The fourth-order valence-electron chi connectivity index (χ4n) is 1.99. The van der Waals surface area contributed by atoms with E-state index in [1.807, 2.05) is 67.6 Å². The van der Waals surface area contributed by atoms with Crippen LogP contribution < -0.4 is 0 Å². The van der Waals surface area contributed by atoms with Crippen molar-refractivity contribution >= 4 is 6.08 Å². The van der Waals surface area contributed by atoms with Crippen molar-refractivity contribution in [3.8, 4) is 23.3 Å². The Morgan fingerprint density at radius 1 is 0.895 bits per heavy atom. The van der Waals surface area contributed by atoms with E-state index in [9.17, 15) is 0 Å². The summed E-state index contributed by atoms with van der Waals surface area (Å²) in [5, 5.41) is 17.7. The van der Waals surface area contributed by atoms with Crippen LogP contribution in [0.3, 0.4) is 0 Å². The van der Waals surface area contributed by atoms with E-state index in [0.717, 1.165) is 16.7 Å².